The molecule has 0 aromatic heterocycles. The molecule has 0 aliphatic rings. The first-order chi connectivity index (χ1) is 4.00. The van der Waals surface area contributed by atoms with Gasteiger partial charge in [0.05, 0.1) is 0 Å². The molecule has 70 valence electrons. The second-order valence-electron chi connectivity index (χ2n) is 5.12. The molecular weight excluding hydrogens is 208 g/mol. The van der Waals surface area contributed by atoms with Gasteiger partial charge in [-0.15, -0.1) is 16.1 Å². The third-order valence-electron chi connectivity index (χ3n) is 0. The molecule has 3 heteroatoms. The molecule has 0 spiro atoms. The van der Waals surface area contributed by atoms with Crippen LogP contribution in [0.1, 0.15) is 0 Å². The molecule has 0 radical (unpaired) electrons. The Hall–Kier alpha value is 0.953. The van der Waals surface area contributed by atoms with E-state index in [1.165, 1.54) is 0 Å². The van der Waals surface area contributed by atoms with Crippen molar-refractivity contribution in [3.05, 3.63) is 13.1 Å². The van der Waals surface area contributed by atoms with Crippen LogP contribution in [0.2, 0.25) is 39.3 Å². The minimum Gasteiger partial charge on any atom is -0.342 e. The van der Waals surface area contributed by atoms with Gasteiger partial charge in [-0.25, -0.2) is 0 Å². The quantitative estimate of drug-likeness (QED) is 0.442. The minimum absolute atomic E-state index is 0. The number of hydrogen-bond acceptors (Lipinski definition) is 0. The van der Waals surface area contributed by atoms with Crippen LogP contribution in [0, 0.1) is 13.1 Å². The Labute approximate surface area is 85.7 Å². The Morgan fingerprint density at radius 1 is 0.636 bits per heavy atom. The summed E-state index contributed by atoms with van der Waals surface area (Å²) in [4.78, 5) is 0. The molecule has 0 saturated heterocycles. The van der Waals surface area contributed by atoms with Crippen molar-refractivity contribution in [2.45, 2.75) is 39.3 Å². The van der Waals surface area contributed by atoms with Gasteiger partial charge in [-0.05, 0) is 0 Å². The molecule has 0 aliphatic heterocycles. The minimum atomic E-state index is -0.861. The van der Waals surface area contributed by atoms with Crippen molar-refractivity contribution in [2.24, 2.45) is 0 Å². The molecule has 0 bridgehead atoms. The zero-order valence-corrected chi connectivity index (χ0v) is 11.9. The van der Waals surface area contributed by atoms with Crippen LogP contribution in [0.25, 0.3) is 0 Å². The third kappa shape index (κ3) is 966. The van der Waals surface area contributed by atoms with Crippen molar-refractivity contribution in [1.82, 2.24) is 0 Å². The van der Waals surface area contributed by atoms with Crippen LogP contribution >= 0.6 is 0 Å². The smallest absolute Gasteiger partial charge is 0.342 e. The first-order valence-corrected chi connectivity index (χ1v) is 11.1. The number of hydrogen-bond donors (Lipinski definition) is 0. The fourth-order valence-corrected chi connectivity index (χ4v) is 0. The van der Waals surface area contributed by atoms with Crippen LogP contribution in [0.15, 0.2) is 0 Å². The molecule has 0 aromatic carbocycles. The van der Waals surface area contributed by atoms with Gasteiger partial charge < -0.3 is 13.1 Å². The van der Waals surface area contributed by atoms with Gasteiger partial charge in [-0.2, -0.15) is 0 Å². The largest absolute Gasteiger partial charge is 2.00 e. The van der Waals surface area contributed by atoms with E-state index in [2.05, 4.69) is 52.4 Å². The SMILES string of the molecule is [CH2-][Si](C)(C)C.[CH2-][Si](C)(C)C.[Fe+2]. The van der Waals surface area contributed by atoms with Gasteiger partial charge in [0.2, 0.25) is 0 Å². The molecule has 0 rings (SSSR count). The summed E-state index contributed by atoms with van der Waals surface area (Å²) in [6.07, 6.45) is 0. The summed E-state index contributed by atoms with van der Waals surface area (Å²) in [6, 6.07) is 0. The van der Waals surface area contributed by atoms with Crippen LogP contribution in [0.4, 0.5) is 0 Å². The second kappa shape index (κ2) is 6.47. The number of rotatable bonds is 0. The van der Waals surface area contributed by atoms with Gasteiger partial charge in [0.1, 0.15) is 0 Å². The van der Waals surface area contributed by atoms with E-state index in [4.69, 9.17) is 0 Å². The van der Waals surface area contributed by atoms with Crippen LogP contribution in [0.3, 0.4) is 0 Å². The summed E-state index contributed by atoms with van der Waals surface area (Å²) in [5.41, 5.74) is 0. The molecule has 0 nitrogen and oxygen atoms in total. The van der Waals surface area contributed by atoms with Gasteiger partial charge in [0.25, 0.3) is 0 Å². The van der Waals surface area contributed by atoms with E-state index < -0.39 is 16.1 Å². The Morgan fingerprint density at radius 3 is 0.636 bits per heavy atom. The zero-order chi connectivity index (χ0) is 9.00. The van der Waals surface area contributed by atoms with Crippen LogP contribution < -0.4 is 0 Å². The fourth-order valence-electron chi connectivity index (χ4n) is 0. The van der Waals surface area contributed by atoms with E-state index in [1.54, 1.807) is 0 Å². The summed E-state index contributed by atoms with van der Waals surface area (Å²) < 4.78 is 0. The van der Waals surface area contributed by atoms with E-state index in [-0.39, 0.29) is 17.1 Å². The van der Waals surface area contributed by atoms with Gasteiger partial charge in [-0.3, -0.25) is 0 Å². The van der Waals surface area contributed by atoms with E-state index in [9.17, 15) is 0 Å². The second-order valence-corrected chi connectivity index (χ2v) is 15.4. The summed E-state index contributed by atoms with van der Waals surface area (Å²) in [6.45, 7) is 21.1. The molecule has 0 N–H and O–H groups in total. The predicted molar refractivity (Wildman–Crippen MR) is 57.4 cm³/mol. The van der Waals surface area contributed by atoms with Crippen molar-refractivity contribution in [2.75, 3.05) is 0 Å². The maximum Gasteiger partial charge on any atom is 2.00 e. The Balaban J connectivity index is -0.000000107. The molecule has 0 unspecified atom stereocenters. The third-order valence-corrected chi connectivity index (χ3v) is 0. The Kier molecular flexibility index (Phi) is 10.5. The molecule has 0 heterocycles. The van der Waals surface area contributed by atoms with E-state index in [0.717, 1.165) is 0 Å². The molecule has 0 aliphatic carbocycles. The monoisotopic (exact) mass is 230 g/mol. The molecule has 0 atom stereocenters. The molecule has 0 saturated carbocycles. The molecule has 0 amide bonds. The molecule has 0 aromatic rings. The molecule has 0 fully saturated rings. The first kappa shape index (κ1) is 17.9. The topological polar surface area (TPSA) is 0 Å². The standard InChI is InChI=1S/2C4H11Si.Fe/c2*1-5(2,3)4;/h2*1H2,2-4H3;/q2*-1;+2. The Morgan fingerprint density at radius 2 is 0.636 bits per heavy atom. The van der Waals surface area contributed by atoms with E-state index in [1.807, 2.05) is 0 Å². The van der Waals surface area contributed by atoms with E-state index in [0.29, 0.717) is 0 Å². The summed E-state index contributed by atoms with van der Waals surface area (Å²) in [5.74, 6) is 0. The average Bonchev–Trinajstić information content (AvgIpc) is 1.12. The molecular formula is C8H22FeSi2. The Bertz CT molecular complexity index is 55.1. The van der Waals surface area contributed by atoms with Crippen LogP contribution in [0.5, 0.6) is 0 Å². The van der Waals surface area contributed by atoms with Crippen molar-refractivity contribution in [3.8, 4) is 0 Å². The maximum absolute atomic E-state index is 3.91. The summed E-state index contributed by atoms with van der Waals surface area (Å²) in [7, 11) is -1.72. The van der Waals surface area contributed by atoms with Crippen molar-refractivity contribution < 1.29 is 17.1 Å². The zero-order valence-electron chi connectivity index (χ0n) is 8.77. The van der Waals surface area contributed by atoms with Gasteiger partial charge in [0, 0.05) is 0 Å². The van der Waals surface area contributed by atoms with E-state index >= 15 is 0 Å². The van der Waals surface area contributed by atoms with Gasteiger partial charge in [0.15, 0.2) is 0 Å². The summed E-state index contributed by atoms with van der Waals surface area (Å²) in [5, 5.41) is 0. The van der Waals surface area contributed by atoms with Crippen LogP contribution in [-0.2, 0) is 17.1 Å². The predicted octanol–water partition coefficient (Wildman–Crippen LogP) is 3.39. The maximum atomic E-state index is 3.91. The normalized spacial score (nSPS) is 10.9. The fraction of sp³-hybridized carbons (Fsp3) is 0.750. The van der Waals surface area contributed by atoms with Crippen molar-refractivity contribution in [1.29, 1.82) is 0 Å². The van der Waals surface area contributed by atoms with Crippen molar-refractivity contribution >= 4 is 16.1 Å². The van der Waals surface area contributed by atoms with Crippen LogP contribution in [-0.4, -0.2) is 16.1 Å². The van der Waals surface area contributed by atoms with Gasteiger partial charge in [-0.1, -0.05) is 39.3 Å². The summed E-state index contributed by atoms with van der Waals surface area (Å²) >= 11 is 0. The van der Waals surface area contributed by atoms with Crippen molar-refractivity contribution in [3.63, 3.8) is 0 Å². The first-order valence-electron chi connectivity index (χ1n) is 3.71. The molecule has 11 heavy (non-hydrogen) atoms. The average molecular weight is 230 g/mol. The van der Waals surface area contributed by atoms with Gasteiger partial charge >= 0.3 is 17.1 Å².